The molecule has 29 rings (SSSR count). The minimum absolute atomic E-state index is 0.618. The van der Waals surface area contributed by atoms with Gasteiger partial charge in [0.25, 0.3) is 0 Å². The van der Waals surface area contributed by atoms with Crippen LogP contribution in [0.3, 0.4) is 0 Å². The molecule has 0 unspecified atom stereocenters. The SMILES string of the molecule is c1ccc(-c2nc(-c3ccc(-c4ccc5c(c4)oc4ccccc45)cc3)nc(-c3ccc(-c4ccc5c(c4)oc4ccccc45)cc3)n2)cc1.c1ccc(-c2nc(-c3ccc(-c4ccc5ccccc5c4)cc3)nc(-c3ccc(-c4ccc5oc6ccccc6c5c4)cc3)n2)cc1.c1ccc(-c2nc(-c3ccc(-c4ccc5oc6ccccc6c5c4)cc3)nc(-c3ccc(-c4ccc5oc6ccccc6c5c4)cc3)n2)cc1. The third-order valence-electron chi connectivity index (χ3n) is 27.5. The first-order chi connectivity index (χ1) is 72.7. The number of rotatable bonds is 15. The van der Waals surface area contributed by atoms with Crippen LogP contribution in [0.2, 0.25) is 0 Å². The summed E-state index contributed by atoms with van der Waals surface area (Å²) in [4.78, 5) is 44.6. The summed E-state index contributed by atoms with van der Waals surface area (Å²) in [5.74, 6) is 5.66. The van der Waals surface area contributed by atoms with Crippen LogP contribution >= 0.6 is 0 Å². The van der Waals surface area contributed by atoms with Crippen LogP contribution < -0.4 is 0 Å². The maximum absolute atomic E-state index is 6.15. The Bertz CT molecular complexity index is 9740. The van der Waals surface area contributed by atoms with Gasteiger partial charge in [0.15, 0.2) is 52.4 Å². The zero-order valence-corrected chi connectivity index (χ0v) is 78.8. The van der Waals surface area contributed by atoms with Crippen LogP contribution in [0.5, 0.6) is 0 Å². The molecule has 0 aliphatic carbocycles. The highest BCUT2D eigenvalue weighted by molar-refractivity contribution is 6.11. The van der Waals surface area contributed by atoms with Crippen molar-refractivity contribution in [3.63, 3.8) is 0 Å². The standard InChI is InChI=1S/2C45H27N3O2.C43H27N3O/c1-2-8-30(9-3-1)43-46-44(31-18-14-28(15-19-31)33-22-24-41-37(26-33)35-10-4-6-12-39(35)49-41)48-45(47-43)32-20-16-29(17-21-32)34-23-25-42-38(27-34)36-11-5-7-13-40(36)50-42;1-2-8-30(9-3-1)43-46-44(31-18-14-28(15-19-31)33-22-24-37-35-10-4-6-12-39(35)49-41(37)26-33)48-45(47-43)32-20-16-29(17-21-32)34-23-25-38-36-11-5-7-13-40(36)50-42(38)27-34;1-2-9-31(10-3-1)41-44-42(32-19-14-29(15-20-32)35-23-18-28-8-4-5-11-34(28)26-35)46-43(45-41)33-21-16-30(17-22-33)36-24-25-40-38(27-36)37-12-6-7-13-39(37)47-40/h2*1-27H;1-27H. The molecular weight excluding hydrogens is 1800 g/mol. The lowest BCUT2D eigenvalue weighted by Gasteiger charge is -2.10. The molecule has 0 atom stereocenters. The van der Waals surface area contributed by atoms with E-state index in [-0.39, 0.29) is 0 Å². The van der Waals surface area contributed by atoms with Gasteiger partial charge in [-0.2, -0.15) is 0 Å². The van der Waals surface area contributed by atoms with E-state index in [0.29, 0.717) is 52.4 Å². The average Bonchev–Trinajstić information content (AvgIpc) is 1.77. The number of para-hydroxylation sites is 5. The Morgan fingerprint density at radius 2 is 0.265 bits per heavy atom. The zero-order valence-electron chi connectivity index (χ0n) is 78.8. The Balaban J connectivity index is 0.000000109. The lowest BCUT2D eigenvalue weighted by atomic mass is 10.00. The van der Waals surface area contributed by atoms with E-state index in [1.54, 1.807) is 0 Å². The summed E-state index contributed by atoms with van der Waals surface area (Å²) in [6.07, 6.45) is 0. The minimum Gasteiger partial charge on any atom is -0.456 e. The van der Waals surface area contributed by atoms with Crippen LogP contribution in [0.15, 0.2) is 513 Å². The molecule has 0 N–H and O–H groups in total. The van der Waals surface area contributed by atoms with E-state index >= 15 is 0 Å². The molecule has 14 heteroatoms. The molecular formula is C133H81N9O5. The molecule has 14 nitrogen and oxygen atoms in total. The number of hydrogen-bond donors (Lipinski definition) is 0. The first kappa shape index (κ1) is 86.0. The number of furan rings is 5. The highest BCUT2D eigenvalue weighted by atomic mass is 16.3. The lowest BCUT2D eigenvalue weighted by molar-refractivity contribution is 0.668. The van der Waals surface area contributed by atoms with Crippen LogP contribution in [-0.4, -0.2) is 44.9 Å². The van der Waals surface area contributed by atoms with Crippen LogP contribution in [0, 0.1) is 0 Å². The first-order valence-electron chi connectivity index (χ1n) is 48.9. The second kappa shape index (κ2) is 36.8. The van der Waals surface area contributed by atoms with E-state index < -0.39 is 0 Å². The van der Waals surface area contributed by atoms with Gasteiger partial charge in [0.05, 0.1) is 0 Å². The fourth-order valence-electron chi connectivity index (χ4n) is 19.8. The number of aromatic nitrogens is 9. The molecule has 0 radical (unpaired) electrons. The van der Waals surface area contributed by atoms with Crippen LogP contribution in [0.25, 0.3) is 290 Å². The number of benzene rings is 21. The molecule has 0 aliphatic rings. The maximum atomic E-state index is 6.15. The van der Waals surface area contributed by atoms with Gasteiger partial charge < -0.3 is 22.1 Å². The van der Waals surface area contributed by atoms with Crippen molar-refractivity contribution < 1.29 is 22.1 Å². The summed E-state index contributed by atoms with van der Waals surface area (Å²) in [5, 5.41) is 13.6. The van der Waals surface area contributed by atoms with Crippen LogP contribution in [0.4, 0.5) is 0 Å². The summed E-state index contributed by atoms with van der Waals surface area (Å²) >= 11 is 0. The predicted octanol–water partition coefficient (Wildman–Crippen LogP) is 35.3. The summed E-state index contributed by atoms with van der Waals surface area (Å²) in [7, 11) is 0. The van der Waals surface area contributed by atoms with Crippen LogP contribution in [0.1, 0.15) is 0 Å². The molecule has 0 amide bonds. The van der Waals surface area contributed by atoms with Crippen molar-refractivity contribution in [3.05, 3.63) is 491 Å². The van der Waals surface area contributed by atoms with Crippen molar-refractivity contribution in [3.8, 4) is 169 Å². The summed E-state index contributed by atoms with van der Waals surface area (Å²) in [5.41, 5.74) is 30.6. The lowest BCUT2D eigenvalue weighted by Crippen LogP contribution is -2.00. The Morgan fingerprint density at radius 1 is 0.0952 bits per heavy atom. The van der Waals surface area contributed by atoms with Gasteiger partial charge in [-0.3, -0.25) is 0 Å². The van der Waals surface area contributed by atoms with Crippen molar-refractivity contribution in [1.29, 1.82) is 0 Å². The first-order valence-corrected chi connectivity index (χ1v) is 48.9. The van der Waals surface area contributed by atoms with Gasteiger partial charge in [-0.05, 0) is 175 Å². The van der Waals surface area contributed by atoms with Crippen molar-refractivity contribution in [1.82, 2.24) is 44.9 Å². The fraction of sp³-hybridized carbons (Fsp3) is 0. The zero-order chi connectivity index (χ0) is 97.2. The molecule has 0 spiro atoms. The van der Waals surface area contributed by atoms with Crippen molar-refractivity contribution in [2.45, 2.75) is 0 Å². The highest BCUT2D eigenvalue weighted by Crippen LogP contribution is 2.43. The molecule has 0 fully saturated rings. The molecule has 0 bridgehead atoms. The van der Waals surface area contributed by atoms with E-state index in [4.69, 9.17) is 66.9 Å². The molecule has 8 aromatic heterocycles. The number of fused-ring (bicyclic) bond motifs is 16. The van der Waals surface area contributed by atoms with Crippen LogP contribution in [-0.2, 0) is 0 Å². The summed E-state index contributed by atoms with van der Waals surface area (Å²) < 4.78 is 30.4. The Morgan fingerprint density at radius 3 is 0.537 bits per heavy atom. The van der Waals surface area contributed by atoms with Crippen molar-refractivity contribution in [2.24, 2.45) is 0 Å². The molecule has 29 aromatic rings. The number of hydrogen-bond acceptors (Lipinski definition) is 14. The van der Waals surface area contributed by atoms with E-state index in [2.05, 4.69) is 291 Å². The normalized spacial score (nSPS) is 11.5. The molecule has 688 valence electrons. The van der Waals surface area contributed by atoms with E-state index in [0.717, 1.165) is 221 Å². The highest BCUT2D eigenvalue weighted by Gasteiger charge is 2.22. The Labute approximate surface area is 842 Å². The van der Waals surface area contributed by atoms with Gasteiger partial charge in [0, 0.05) is 104 Å². The summed E-state index contributed by atoms with van der Waals surface area (Å²) in [6.45, 7) is 0. The van der Waals surface area contributed by atoms with Crippen molar-refractivity contribution >= 4 is 120 Å². The van der Waals surface area contributed by atoms with Gasteiger partial charge >= 0.3 is 0 Å². The Hall–Kier alpha value is -20.1. The molecule has 0 aliphatic heterocycles. The maximum Gasteiger partial charge on any atom is 0.164 e. The van der Waals surface area contributed by atoms with Gasteiger partial charge in [-0.1, -0.05) is 394 Å². The third kappa shape index (κ3) is 16.7. The number of nitrogens with zero attached hydrogens (tertiary/aromatic N) is 9. The molecule has 147 heavy (non-hydrogen) atoms. The smallest absolute Gasteiger partial charge is 0.164 e. The van der Waals surface area contributed by atoms with Gasteiger partial charge in [-0.25, -0.2) is 44.9 Å². The third-order valence-corrected chi connectivity index (χ3v) is 27.5. The minimum atomic E-state index is 0.618. The predicted molar refractivity (Wildman–Crippen MR) is 595 cm³/mol. The summed E-state index contributed by atoms with van der Waals surface area (Å²) in [6, 6.07) is 168. The molecule has 21 aromatic carbocycles. The van der Waals surface area contributed by atoms with E-state index in [1.807, 2.05) is 200 Å². The second-order valence-electron chi connectivity index (χ2n) is 36.6. The van der Waals surface area contributed by atoms with Gasteiger partial charge in [0.2, 0.25) is 0 Å². The Kier molecular flexibility index (Phi) is 21.6. The van der Waals surface area contributed by atoms with E-state index in [9.17, 15) is 0 Å². The molecule has 8 heterocycles. The molecule has 0 saturated heterocycles. The average molecular weight is 1890 g/mol. The molecule has 0 saturated carbocycles. The topological polar surface area (TPSA) is 182 Å². The largest absolute Gasteiger partial charge is 0.456 e. The fourth-order valence-corrected chi connectivity index (χ4v) is 19.8. The van der Waals surface area contributed by atoms with E-state index in [1.165, 1.54) is 16.3 Å². The monoisotopic (exact) mass is 1880 g/mol. The second-order valence-corrected chi connectivity index (χ2v) is 36.6. The van der Waals surface area contributed by atoms with Crippen molar-refractivity contribution in [2.75, 3.05) is 0 Å². The quantitative estimate of drug-likeness (QED) is 0.0945. The van der Waals surface area contributed by atoms with Gasteiger partial charge in [0.1, 0.15) is 55.8 Å². The van der Waals surface area contributed by atoms with Gasteiger partial charge in [-0.15, -0.1) is 0 Å².